The third-order valence-electron chi connectivity index (χ3n) is 7.72. The third kappa shape index (κ3) is 5.79. The molecule has 3 aromatic carbocycles. The van der Waals surface area contributed by atoms with Gasteiger partial charge in [-0.2, -0.15) is 5.53 Å². The molecule has 1 saturated heterocycles. The minimum absolute atomic E-state index is 0.256. The molecule has 0 saturated carbocycles. The minimum Gasteiger partial charge on any atom is -0.236 e. The standard InChI is InChI=1S/C33H27Cl3N6/c34-31-25(14-22-7-1-4-10-28(22)37-31)13-21-17-41(19-26-15-23-8-2-5-11-29(23)38-32(26)35)40-42(18-21)20-27-16-24-9-3-6-12-30(24)39-33(27)36/h1-12,14-16,21,40H,13,17-20H2. The van der Waals surface area contributed by atoms with Crippen LogP contribution in [0, 0.1) is 5.92 Å². The van der Waals surface area contributed by atoms with Gasteiger partial charge in [0.05, 0.1) is 16.6 Å². The van der Waals surface area contributed by atoms with Crippen molar-refractivity contribution >= 4 is 67.5 Å². The van der Waals surface area contributed by atoms with Crippen LogP contribution in [0.2, 0.25) is 15.5 Å². The number of rotatable bonds is 6. The van der Waals surface area contributed by atoms with E-state index in [0.29, 0.717) is 28.5 Å². The Morgan fingerprint density at radius 3 is 1.40 bits per heavy atom. The van der Waals surface area contributed by atoms with Crippen molar-refractivity contribution in [1.29, 1.82) is 0 Å². The van der Waals surface area contributed by atoms with Gasteiger partial charge in [-0.25, -0.2) is 25.0 Å². The average Bonchev–Trinajstić information content (AvgIpc) is 2.98. The van der Waals surface area contributed by atoms with Crippen LogP contribution in [0.3, 0.4) is 0 Å². The monoisotopic (exact) mass is 612 g/mol. The molecule has 1 aliphatic rings. The van der Waals surface area contributed by atoms with Crippen LogP contribution in [0.1, 0.15) is 16.7 Å². The van der Waals surface area contributed by atoms with Crippen LogP contribution in [0.4, 0.5) is 0 Å². The van der Waals surface area contributed by atoms with E-state index < -0.39 is 0 Å². The molecule has 1 fully saturated rings. The number of hydrogen-bond acceptors (Lipinski definition) is 6. The van der Waals surface area contributed by atoms with E-state index in [0.717, 1.165) is 68.9 Å². The molecule has 210 valence electrons. The molecular weight excluding hydrogens is 587 g/mol. The van der Waals surface area contributed by atoms with Crippen LogP contribution in [0.5, 0.6) is 0 Å². The zero-order valence-corrected chi connectivity index (χ0v) is 24.9. The first-order valence-electron chi connectivity index (χ1n) is 13.9. The Morgan fingerprint density at radius 2 is 0.952 bits per heavy atom. The summed E-state index contributed by atoms with van der Waals surface area (Å²) in [5.74, 6) is 0.256. The molecule has 7 rings (SSSR count). The van der Waals surface area contributed by atoms with Gasteiger partial charge in [0, 0.05) is 53.5 Å². The number of nitrogens with one attached hydrogen (secondary N) is 1. The van der Waals surface area contributed by atoms with Gasteiger partial charge >= 0.3 is 0 Å². The molecular formula is C33H27Cl3N6. The second-order valence-corrected chi connectivity index (χ2v) is 11.9. The number of fused-ring (bicyclic) bond motifs is 3. The average molecular weight is 614 g/mol. The van der Waals surface area contributed by atoms with Crippen molar-refractivity contribution in [1.82, 2.24) is 30.5 Å². The highest BCUT2D eigenvalue weighted by Gasteiger charge is 2.28. The highest BCUT2D eigenvalue weighted by Crippen LogP contribution is 2.28. The van der Waals surface area contributed by atoms with Crippen molar-refractivity contribution < 1.29 is 0 Å². The van der Waals surface area contributed by atoms with E-state index in [1.807, 2.05) is 54.6 Å². The summed E-state index contributed by atoms with van der Waals surface area (Å²) >= 11 is 20.1. The summed E-state index contributed by atoms with van der Waals surface area (Å²) < 4.78 is 0. The van der Waals surface area contributed by atoms with Crippen molar-refractivity contribution in [3.8, 4) is 0 Å². The number of para-hydroxylation sites is 3. The second kappa shape index (κ2) is 11.7. The number of benzene rings is 3. The van der Waals surface area contributed by atoms with Gasteiger partial charge in [0.2, 0.25) is 0 Å². The van der Waals surface area contributed by atoms with Crippen molar-refractivity contribution in [2.45, 2.75) is 19.5 Å². The predicted octanol–water partition coefficient (Wildman–Crippen LogP) is 7.89. The summed E-state index contributed by atoms with van der Waals surface area (Å²) in [6.07, 6.45) is 0.777. The van der Waals surface area contributed by atoms with Gasteiger partial charge in [-0.05, 0) is 54.3 Å². The first-order valence-corrected chi connectivity index (χ1v) is 15.0. The van der Waals surface area contributed by atoms with Crippen LogP contribution < -0.4 is 5.53 Å². The molecule has 0 amide bonds. The predicted molar refractivity (Wildman–Crippen MR) is 171 cm³/mol. The zero-order valence-electron chi connectivity index (χ0n) is 22.6. The van der Waals surface area contributed by atoms with Gasteiger partial charge in [-0.1, -0.05) is 89.4 Å². The number of pyridine rings is 3. The highest BCUT2D eigenvalue weighted by molar-refractivity contribution is 6.31. The van der Waals surface area contributed by atoms with E-state index >= 15 is 0 Å². The molecule has 0 radical (unpaired) electrons. The Morgan fingerprint density at radius 1 is 0.571 bits per heavy atom. The molecule has 0 spiro atoms. The molecule has 42 heavy (non-hydrogen) atoms. The zero-order chi connectivity index (χ0) is 28.6. The highest BCUT2D eigenvalue weighted by atomic mass is 35.5. The molecule has 9 heteroatoms. The minimum atomic E-state index is 0.256. The maximum absolute atomic E-state index is 6.70. The SMILES string of the molecule is Clc1nc2ccccc2cc1CC1CN(Cc2cc3ccccc3nc2Cl)NN(Cc2cc3ccccc3nc2Cl)C1. The first kappa shape index (κ1) is 27.5. The fourth-order valence-corrected chi connectivity index (χ4v) is 6.42. The van der Waals surface area contributed by atoms with E-state index in [4.69, 9.17) is 34.8 Å². The van der Waals surface area contributed by atoms with E-state index in [-0.39, 0.29) is 5.92 Å². The number of halogens is 3. The fourth-order valence-electron chi connectivity index (χ4n) is 5.79. The Bertz CT molecular complexity index is 1700. The maximum atomic E-state index is 6.70. The Labute approximate surface area is 258 Å². The molecule has 6 aromatic rings. The quantitative estimate of drug-likeness (QED) is 0.193. The van der Waals surface area contributed by atoms with Crippen LogP contribution in [0.15, 0.2) is 91.0 Å². The normalized spacial score (nSPS) is 15.2. The molecule has 0 unspecified atom stereocenters. The molecule has 0 bridgehead atoms. The molecule has 3 aromatic heterocycles. The molecule has 1 N–H and O–H groups in total. The Balaban J connectivity index is 1.19. The van der Waals surface area contributed by atoms with Crippen LogP contribution in [-0.4, -0.2) is 38.1 Å². The van der Waals surface area contributed by atoms with Gasteiger partial charge in [0.15, 0.2) is 0 Å². The molecule has 4 heterocycles. The number of nitrogens with zero attached hydrogens (tertiary/aromatic N) is 5. The molecule has 0 atom stereocenters. The van der Waals surface area contributed by atoms with E-state index in [2.05, 4.69) is 66.9 Å². The van der Waals surface area contributed by atoms with Gasteiger partial charge in [0.25, 0.3) is 0 Å². The van der Waals surface area contributed by atoms with Crippen LogP contribution in [0.25, 0.3) is 32.7 Å². The smallest absolute Gasteiger partial charge is 0.134 e. The maximum Gasteiger partial charge on any atom is 0.134 e. The van der Waals surface area contributed by atoms with E-state index in [1.165, 1.54) is 0 Å². The fraction of sp³-hybridized carbons (Fsp3) is 0.182. The first-order chi connectivity index (χ1) is 20.5. The van der Waals surface area contributed by atoms with Gasteiger partial charge in [-0.3, -0.25) is 0 Å². The number of hydrogen-bond donors (Lipinski definition) is 1. The lowest BCUT2D eigenvalue weighted by atomic mass is 9.97. The number of aromatic nitrogens is 3. The van der Waals surface area contributed by atoms with Crippen LogP contribution in [-0.2, 0) is 19.5 Å². The van der Waals surface area contributed by atoms with Crippen molar-refractivity contribution in [3.63, 3.8) is 0 Å². The molecule has 1 aliphatic heterocycles. The largest absolute Gasteiger partial charge is 0.236 e. The lowest BCUT2D eigenvalue weighted by Gasteiger charge is -2.41. The lowest BCUT2D eigenvalue weighted by Crippen LogP contribution is -2.58. The summed E-state index contributed by atoms with van der Waals surface area (Å²) in [5, 5.41) is 9.15. The Hall–Kier alpha value is -3.36. The topological polar surface area (TPSA) is 57.2 Å². The summed E-state index contributed by atoms with van der Waals surface area (Å²) in [5.41, 5.74) is 9.23. The summed E-state index contributed by atoms with van der Waals surface area (Å²) in [7, 11) is 0. The van der Waals surface area contributed by atoms with Gasteiger partial charge in [-0.15, -0.1) is 0 Å². The van der Waals surface area contributed by atoms with E-state index in [9.17, 15) is 0 Å². The Kier molecular flexibility index (Phi) is 7.67. The van der Waals surface area contributed by atoms with Gasteiger partial charge < -0.3 is 0 Å². The van der Waals surface area contributed by atoms with Gasteiger partial charge in [0.1, 0.15) is 15.5 Å². The second-order valence-electron chi connectivity index (χ2n) is 10.8. The summed E-state index contributed by atoms with van der Waals surface area (Å²) in [6.45, 7) is 2.73. The van der Waals surface area contributed by atoms with Crippen LogP contribution >= 0.6 is 34.8 Å². The van der Waals surface area contributed by atoms with Crippen molar-refractivity contribution in [3.05, 3.63) is 123 Å². The van der Waals surface area contributed by atoms with Crippen molar-refractivity contribution in [2.24, 2.45) is 5.92 Å². The lowest BCUT2D eigenvalue weighted by molar-refractivity contribution is -0.0540. The number of hydrazine groups is 2. The molecule has 0 aliphatic carbocycles. The summed E-state index contributed by atoms with van der Waals surface area (Å²) in [4.78, 5) is 14.0. The molecule has 6 nitrogen and oxygen atoms in total. The third-order valence-corrected chi connectivity index (χ3v) is 8.70. The van der Waals surface area contributed by atoms with E-state index in [1.54, 1.807) is 0 Å². The summed E-state index contributed by atoms with van der Waals surface area (Å²) in [6, 6.07) is 30.5. The van der Waals surface area contributed by atoms with Crippen molar-refractivity contribution in [2.75, 3.05) is 13.1 Å².